The van der Waals surface area contributed by atoms with Crippen molar-refractivity contribution < 1.29 is 9.53 Å². The van der Waals surface area contributed by atoms with Crippen molar-refractivity contribution in [2.45, 2.75) is 12.8 Å². The molecule has 0 saturated carbocycles. The number of methoxy groups -OCH3 is 1. The molecule has 0 N–H and O–H groups in total. The molecule has 3 nitrogen and oxygen atoms in total. The lowest BCUT2D eigenvalue weighted by Gasteiger charge is -2.05. The van der Waals surface area contributed by atoms with Crippen LogP contribution in [0.2, 0.25) is 0 Å². The van der Waals surface area contributed by atoms with E-state index in [0.29, 0.717) is 11.1 Å². The zero-order valence-corrected chi connectivity index (χ0v) is 10.6. The van der Waals surface area contributed by atoms with Crippen LogP contribution in [0.1, 0.15) is 27.9 Å². The zero-order chi connectivity index (χ0) is 12.0. The fourth-order valence-electron chi connectivity index (χ4n) is 1.41. The van der Waals surface area contributed by atoms with Gasteiger partial charge in [-0.25, -0.2) is 4.79 Å². The van der Waals surface area contributed by atoms with Crippen LogP contribution in [-0.4, -0.2) is 18.4 Å². The highest BCUT2D eigenvalue weighted by atomic mass is 79.9. The summed E-state index contributed by atoms with van der Waals surface area (Å²) in [7, 11) is 1.35. The number of carbonyl (C=O) groups excluding carboxylic acids is 1. The zero-order valence-electron chi connectivity index (χ0n) is 9.00. The van der Waals surface area contributed by atoms with Gasteiger partial charge in [-0.2, -0.15) is 5.26 Å². The Labute approximate surface area is 103 Å². The van der Waals surface area contributed by atoms with E-state index in [2.05, 4.69) is 26.7 Å². The number of nitriles is 1. The third-order valence-corrected chi connectivity index (χ3v) is 2.79. The highest BCUT2D eigenvalue weighted by Crippen LogP contribution is 2.14. The average Bonchev–Trinajstić information content (AvgIpc) is 2.34. The molecule has 0 aliphatic rings. The predicted molar refractivity (Wildman–Crippen MR) is 64.6 cm³/mol. The number of halogens is 1. The van der Waals surface area contributed by atoms with Crippen molar-refractivity contribution in [3.63, 3.8) is 0 Å². The molecule has 0 aliphatic carbocycles. The SMILES string of the molecule is COC(=O)c1ccc(C#N)c(CCCBr)c1. The summed E-state index contributed by atoms with van der Waals surface area (Å²) >= 11 is 3.34. The second kappa shape index (κ2) is 6.29. The summed E-state index contributed by atoms with van der Waals surface area (Å²) in [6.07, 6.45) is 1.71. The van der Waals surface area contributed by atoms with Crippen LogP contribution in [0.25, 0.3) is 0 Å². The molecule has 1 aromatic carbocycles. The fraction of sp³-hybridized carbons (Fsp3) is 0.333. The van der Waals surface area contributed by atoms with E-state index in [-0.39, 0.29) is 5.97 Å². The van der Waals surface area contributed by atoms with Crippen LogP contribution in [0.4, 0.5) is 0 Å². The minimum atomic E-state index is -0.371. The fourth-order valence-corrected chi connectivity index (χ4v) is 1.69. The average molecular weight is 282 g/mol. The molecule has 84 valence electrons. The topological polar surface area (TPSA) is 50.1 Å². The van der Waals surface area contributed by atoms with E-state index in [1.54, 1.807) is 18.2 Å². The van der Waals surface area contributed by atoms with Gasteiger partial charge in [-0.15, -0.1) is 0 Å². The number of hydrogen-bond donors (Lipinski definition) is 0. The van der Waals surface area contributed by atoms with E-state index in [4.69, 9.17) is 5.26 Å². The van der Waals surface area contributed by atoms with Gasteiger partial charge in [0.25, 0.3) is 0 Å². The molecule has 0 fully saturated rings. The molecular formula is C12H12BrNO2. The molecule has 0 aliphatic heterocycles. The maximum atomic E-state index is 11.3. The van der Waals surface area contributed by atoms with Gasteiger partial charge < -0.3 is 4.74 Å². The predicted octanol–water partition coefficient (Wildman–Crippen LogP) is 2.67. The lowest BCUT2D eigenvalue weighted by Crippen LogP contribution is -2.03. The first-order valence-corrected chi connectivity index (χ1v) is 6.02. The van der Waals surface area contributed by atoms with E-state index in [0.717, 1.165) is 23.7 Å². The Morgan fingerprint density at radius 3 is 2.88 bits per heavy atom. The van der Waals surface area contributed by atoms with Crippen molar-refractivity contribution in [1.29, 1.82) is 5.26 Å². The minimum Gasteiger partial charge on any atom is -0.465 e. The molecule has 0 amide bonds. The van der Waals surface area contributed by atoms with E-state index < -0.39 is 0 Å². The Hall–Kier alpha value is -1.34. The Kier molecular flexibility index (Phi) is 5.00. The standard InChI is InChI=1S/C12H12BrNO2/c1-16-12(15)10-4-5-11(8-14)9(7-10)3-2-6-13/h4-5,7H,2-3,6H2,1H3. The number of benzene rings is 1. The number of esters is 1. The maximum Gasteiger partial charge on any atom is 0.337 e. The number of hydrogen-bond acceptors (Lipinski definition) is 3. The van der Waals surface area contributed by atoms with Crippen LogP contribution in [0.3, 0.4) is 0 Å². The largest absolute Gasteiger partial charge is 0.465 e. The molecule has 1 rings (SSSR count). The summed E-state index contributed by atoms with van der Waals surface area (Å²) in [5, 5.41) is 9.80. The molecule has 0 spiro atoms. The Bertz CT molecular complexity index is 424. The van der Waals surface area contributed by atoms with E-state index >= 15 is 0 Å². The van der Waals surface area contributed by atoms with Gasteiger partial charge in [0.2, 0.25) is 0 Å². The normalized spacial score (nSPS) is 9.56. The minimum absolute atomic E-state index is 0.371. The Balaban J connectivity index is 3.02. The molecule has 0 bridgehead atoms. The van der Waals surface area contributed by atoms with Crippen LogP contribution in [0, 0.1) is 11.3 Å². The maximum absolute atomic E-state index is 11.3. The lowest BCUT2D eigenvalue weighted by molar-refractivity contribution is 0.0600. The molecule has 1 aromatic rings. The Morgan fingerprint density at radius 2 is 2.31 bits per heavy atom. The van der Waals surface area contributed by atoms with Gasteiger partial charge in [-0.05, 0) is 36.6 Å². The summed E-state index contributed by atoms with van der Waals surface area (Å²) in [6, 6.07) is 7.13. The van der Waals surface area contributed by atoms with Gasteiger partial charge in [-0.3, -0.25) is 0 Å². The third-order valence-electron chi connectivity index (χ3n) is 2.23. The van der Waals surface area contributed by atoms with Gasteiger partial charge in [-0.1, -0.05) is 15.9 Å². The second-order valence-corrected chi connectivity index (χ2v) is 4.06. The van der Waals surface area contributed by atoms with Gasteiger partial charge >= 0.3 is 5.97 Å². The van der Waals surface area contributed by atoms with Crippen molar-refractivity contribution in [2.24, 2.45) is 0 Å². The lowest BCUT2D eigenvalue weighted by atomic mass is 10.0. The van der Waals surface area contributed by atoms with Crippen LogP contribution in [-0.2, 0) is 11.2 Å². The monoisotopic (exact) mass is 281 g/mol. The first-order valence-electron chi connectivity index (χ1n) is 4.90. The van der Waals surface area contributed by atoms with Crippen molar-refractivity contribution >= 4 is 21.9 Å². The summed E-state index contributed by atoms with van der Waals surface area (Å²) < 4.78 is 4.64. The molecule has 4 heteroatoms. The number of aryl methyl sites for hydroxylation is 1. The summed E-state index contributed by atoms with van der Waals surface area (Å²) in [5.41, 5.74) is 2.00. The summed E-state index contributed by atoms with van der Waals surface area (Å²) in [6.45, 7) is 0. The number of ether oxygens (including phenoxy) is 1. The van der Waals surface area contributed by atoms with Crippen molar-refractivity contribution in [1.82, 2.24) is 0 Å². The van der Waals surface area contributed by atoms with Crippen molar-refractivity contribution in [3.8, 4) is 6.07 Å². The second-order valence-electron chi connectivity index (χ2n) is 3.27. The van der Waals surface area contributed by atoms with Crippen LogP contribution in [0.15, 0.2) is 18.2 Å². The molecular weight excluding hydrogens is 270 g/mol. The number of rotatable bonds is 4. The summed E-state index contributed by atoms with van der Waals surface area (Å²) in [4.78, 5) is 11.3. The van der Waals surface area contributed by atoms with Crippen molar-refractivity contribution in [3.05, 3.63) is 34.9 Å². The first kappa shape index (κ1) is 12.7. The van der Waals surface area contributed by atoms with Gasteiger partial charge in [0.1, 0.15) is 0 Å². The third kappa shape index (κ3) is 3.07. The molecule has 0 aromatic heterocycles. The smallest absolute Gasteiger partial charge is 0.337 e. The molecule has 0 saturated heterocycles. The highest BCUT2D eigenvalue weighted by molar-refractivity contribution is 9.09. The Morgan fingerprint density at radius 1 is 1.56 bits per heavy atom. The van der Waals surface area contributed by atoms with Crippen molar-refractivity contribution in [2.75, 3.05) is 12.4 Å². The highest BCUT2D eigenvalue weighted by Gasteiger charge is 2.09. The number of nitrogens with zero attached hydrogens (tertiary/aromatic N) is 1. The number of alkyl halides is 1. The van der Waals surface area contributed by atoms with Gasteiger partial charge in [0.15, 0.2) is 0 Å². The molecule has 0 unspecified atom stereocenters. The van der Waals surface area contributed by atoms with E-state index in [9.17, 15) is 4.79 Å². The molecule has 0 heterocycles. The van der Waals surface area contributed by atoms with E-state index in [1.165, 1.54) is 7.11 Å². The van der Waals surface area contributed by atoms with Gasteiger partial charge in [0.05, 0.1) is 24.3 Å². The van der Waals surface area contributed by atoms with Crippen LogP contribution >= 0.6 is 15.9 Å². The molecule has 16 heavy (non-hydrogen) atoms. The van der Waals surface area contributed by atoms with Crippen LogP contribution in [0.5, 0.6) is 0 Å². The molecule has 0 atom stereocenters. The quantitative estimate of drug-likeness (QED) is 0.630. The summed E-state index contributed by atoms with van der Waals surface area (Å²) in [5.74, 6) is -0.371. The van der Waals surface area contributed by atoms with Gasteiger partial charge in [0, 0.05) is 5.33 Å². The molecule has 0 radical (unpaired) electrons. The number of carbonyl (C=O) groups is 1. The first-order chi connectivity index (χ1) is 7.72. The van der Waals surface area contributed by atoms with Crippen LogP contribution < -0.4 is 0 Å². The van der Waals surface area contributed by atoms with E-state index in [1.807, 2.05) is 0 Å².